The van der Waals surface area contributed by atoms with E-state index in [-0.39, 0.29) is 0 Å². The third-order valence-electron chi connectivity index (χ3n) is 4.50. The van der Waals surface area contributed by atoms with Gasteiger partial charge in [-0.15, -0.1) is 0 Å². The number of nitrogens with two attached hydrogens (primary N) is 1. The minimum atomic E-state index is 0.546. The molecule has 0 aliphatic heterocycles. The Bertz CT molecular complexity index is 225. The Morgan fingerprint density at radius 2 is 1.84 bits per heavy atom. The van der Waals surface area contributed by atoms with E-state index in [1.807, 2.05) is 0 Å². The van der Waals surface area contributed by atoms with Crippen molar-refractivity contribution < 1.29 is 4.74 Å². The first kappa shape index (κ1) is 16.9. The van der Waals surface area contributed by atoms with Gasteiger partial charge in [-0.05, 0) is 30.6 Å². The third-order valence-corrected chi connectivity index (χ3v) is 4.50. The largest absolute Gasteiger partial charge is 0.383 e. The molecule has 2 N–H and O–H groups in total. The molecule has 0 aromatic heterocycles. The predicted octanol–water partition coefficient (Wildman–Crippen LogP) is 2.74. The van der Waals surface area contributed by atoms with Crippen molar-refractivity contribution in [3.8, 4) is 0 Å². The van der Waals surface area contributed by atoms with Crippen molar-refractivity contribution >= 4 is 0 Å². The van der Waals surface area contributed by atoms with Crippen LogP contribution in [-0.4, -0.2) is 44.3 Å². The van der Waals surface area contributed by atoms with Gasteiger partial charge in [0.2, 0.25) is 0 Å². The van der Waals surface area contributed by atoms with Gasteiger partial charge in [-0.3, -0.25) is 4.90 Å². The second-order valence-corrected chi connectivity index (χ2v) is 6.70. The Balaban J connectivity index is 2.60. The molecule has 0 heterocycles. The van der Waals surface area contributed by atoms with Crippen LogP contribution < -0.4 is 5.73 Å². The number of methoxy groups -OCH3 is 1. The molecule has 1 atom stereocenters. The van der Waals surface area contributed by atoms with Gasteiger partial charge in [-0.2, -0.15) is 0 Å². The Kier molecular flexibility index (Phi) is 7.96. The van der Waals surface area contributed by atoms with E-state index in [0.29, 0.717) is 12.0 Å². The zero-order chi connectivity index (χ0) is 14.3. The van der Waals surface area contributed by atoms with E-state index in [1.54, 1.807) is 7.11 Å². The SMILES string of the molecule is COCCN(CC(C)C)C(CN)C1CCC(C)CC1. The summed E-state index contributed by atoms with van der Waals surface area (Å²) in [6.45, 7) is 10.7. The van der Waals surface area contributed by atoms with Crippen LogP contribution in [0.4, 0.5) is 0 Å². The van der Waals surface area contributed by atoms with Gasteiger partial charge < -0.3 is 10.5 Å². The summed E-state index contributed by atoms with van der Waals surface area (Å²) < 4.78 is 5.27. The molecule has 0 bridgehead atoms. The van der Waals surface area contributed by atoms with Crippen LogP contribution in [-0.2, 0) is 4.74 Å². The quantitative estimate of drug-likeness (QED) is 0.737. The average molecular weight is 270 g/mol. The maximum Gasteiger partial charge on any atom is 0.0589 e. The van der Waals surface area contributed by atoms with Crippen molar-refractivity contribution in [3.05, 3.63) is 0 Å². The molecule has 0 aromatic rings. The van der Waals surface area contributed by atoms with Crippen molar-refractivity contribution in [2.24, 2.45) is 23.5 Å². The van der Waals surface area contributed by atoms with Crippen molar-refractivity contribution in [1.29, 1.82) is 0 Å². The highest BCUT2D eigenvalue weighted by Crippen LogP contribution is 2.32. The Labute approximate surface area is 119 Å². The summed E-state index contributed by atoms with van der Waals surface area (Å²) in [6, 6.07) is 0.546. The lowest BCUT2D eigenvalue weighted by Crippen LogP contribution is -2.49. The summed E-state index contributed by atoms with van der Waals surface area (Å²) in [7, 11) is 1.79. The number of rotatable bonds is 8. The second kappa shape index (κ2) is 8.93. The lowest BCUT2D eigenvalue weighted by atomic mass is 9.78. The predicted molar refractivity (Wildman–Crippen MR) is 82.3 cm³/mol. The van der Waals surface area contributed by atoms with Crippen molar-refractivity contribution in [3.63, 3.8) is 0 Å². The van der Waals surface area contributed by atoms with Crippen LogP contribution in [0.5, 0.6) is 0 Å². The van der Waals surface area contributed by atoms with Crippen LogP contribution in [0.2, 0.25) is 0 Å². The highest BCUT2D eigenvalue weighted by molar-refractivity contribution is 4.84. The van der Waals surface area contributed by atoms with E-state index in [9.17, 15) is 0 Å². The second-order valence-electron chi connectivity index (χ2n) is 6.70. The Morgan fingerprint density at radius 3 is 2.32 bits per heavy atom. The van der Waals surface area contributed by atoms with E-state index in [0.717, 1.165) is 38.1 Å². The molecule has 114 valence electrons. The van der Waals surface area contributed by atoms with Crippen molar-refractivity contribution in [2.45, 2.75) is 52.5 Å². The Hall–Kier alpha value is -0.120. The maximum atomic E-state index is 6.10. The molecule has 0 spiro atoms. The van der Waals surface area contributed by atoms with Crippen LogP contribution in [0, 0.1) is 17.8 Å². The lowest BCUT2D eigenvalue weighted by Gasteiger charge is -2.40. The molecular weight excluding hydrogens is 236 g/mol. The molecule has 3 heteroatoms. The van der Waals surface area contributed by atoms with Gasteiger partial charge in [0, 0.05) is 32.8 Å². The van der Waals surface area contributed by atoms with E-state index < -0.39 is 0 Å². The smallest absolute Gasteiger partial charge is 0.0589 e. The van der Waals surface area contributed by atoms with E-state index in [1.165, 1.54) is 25.7 Å². The maximum absolute atomic E-state index is 6.10. The van der Waals surface area contributed by atoms with E-state index in [4.69, 9.17) is 10.5 Å². The van der Waals surface area contributed by atoms with Crippen LogP contribution in [0.3, 0.4) is 0 Å². The zero-order valence-corrected chi connectivity index (χ0v) is 13.4. The molecule has 0 aromatic carbocycles. The van der Waals surface area contributed by atoms with Crippen LogP contribution in [0.25, 0.3) is 0 Å². The van der Waals surface area contributed by atoms with Crippen LogP contribution >= 0.6 is 0 Å². The van der Waals surface area contributed by atoms with E-state index >= 15 is 0 Å². The van der Waals surface area contributed by atoms with Gasteiger partial charge >= 0.3 is 0 Å². The number of hydrogen-bond acceptors (Lipinski definition) is 3. The van der Waals surface area contributed by atoms with Gasteiger partial charge in [0.1, 0.15) is 0 Å². The van der Waals surface area contributed by atoms with Gasteiger partial charge in [0.25, 0.3) is 0 Å². The molecule has 19 heavy (non-hydrogen) atoms. The zero-order valence-electron chi connectivity index (χ0n) is 13.4. The molecule has 0 saturated heterocycles. The number of hydrogen-bond donors (Lipinski definition) is 1. The van der Waals surface area contributed by atoms with Crippen molar-refractivity contribution in [1.82, 2.24) is 4.90 Å². The molecular formula is C16H34N2O. The number of nitrogens with zero attached hydrogens (tertiary/aromatic N) is 1. The first-order valence-electron chi connectivity index (χ1n) is 8.01. The molecule has 1 aliphatic carbocycles. The standard InChI is InChI=1S/C16H34N2O/c1-13(2)12-18(9-10-19-4)16(11-17)15-7-5-14(3)6-8-15/h13-16H,5-12,17H2,1-4H3. The molecule has 1 unspecified atom stereocenters. The monoisotopic (exact) mass is 270 g/mol. The number of ether oxygens (including phenoxy) is 1. The van der Waals surface area contributed by atoms with E-state index in [2.05, 4.69) is 25.7 Å². The van der Waals surface area contributed by atoms with Crippen LogP contribution in [0.15, 0.2) is 0 Å². The van der Waals surface area contributed by atoms with Gasteiger partial charge in [0.15, 0.2) is 0 Å². The topological polar surface area (TPSA) is 38.5 Å². The van der Waals surface area contributed by atoms with Gasteiger partial charge in [-0.25, -0.2) is 0 Å². The van der Waals surface area contributed by atoms with Gasteiger partial charge in [-0.1, -0.05) is 33.6 Å². The molecule has 0 radical (unpaired) electrons. The Morgan fingerprint density at radius 1 is 1.21 bits per heavy atom. The lowest BCUT2D eigenvalue weighted by molar-refractivity contribution is 0.0701. The van der Waals surface area contributed by atoms with Crippen molar-refractivity contribution in [2.75, 3.05) is 33.4 Å². The molecule has 0 amide bonds. The third kappa shape index (κ3) is 5.80. The summed E-state index contributed by atoms with van der Waals surface area (Å²) >= 11 is 0. The molecule has 1 saturated carbocycles. The fraction of sp³-hybridized carbons (Fsp3) is 1.00. The highest BCUT2D eigenvalue weighted by atomic mass is 16.5. The minimum Gasteiger partial charge on any atom is -0.383 e. The molecule has 1 aliphatic rings. The first-order valence-corrected chi connectivity index (χ1v) is 8.01. The molecule has 1 fully saturated rings. The normalized spacial score (nSPS) is 26.1. The summed E-state index contributed by atoms with van der Waals surface area (Å²) in [5.74, 6) is 2.39. The summed E-state index contributed by atoms with van der Waals surface area (Å²) in [5, 5.41) is 0. The first-order chi connectivity index (χ1) is 9.08. The fourth-order valence-corrected chi connectivity index (χ4v) is 3.38. The fourth-order valence-electron chi connectivity index (χ4n) is 3.38. The average Bonchev–Trinajstić information content (AvgIpc) is 2.38. The summed E-state index contributed by atoms with van der Waals surface area (Å²) in [4.78, 5) is 2.58. The summed E-state index contributed by atoms with van der Waals surface area (Å²) in [6.07, 6.45) is 5.46. The highest BCUT2D eigenvalue weighted by Gasteiger charge is 2.29. The van der Waals surface area contributed by atoms with Gasteiger partial charge in [0.05, 0.1) is 6.61 Å². The minimum absolute atomic E-state index is 0.546. The summed E-state index contributed by atoms with van der Waals surface area (Å²) in [5.41, 5.74) is 6.10. The molecule has 1 rings (SSSR count). The van der Waals surface area contributed by atoms with Crippen LogP contribution in [0.1, 0.15) is 46.5 Å². The molecule has 3 nitrogen and oxygen atoms in total.